The zero-order chi connectivity index (χ0) is 17.6. The van der Waals surface area contributed by atoms with Gasteiger partial charge in [0.05, 0.1) is 18.1 Å². The molecule has 2 fully saturated rings. The standard InChI is InChI=1S/C18H24N2O5/c21-16(19-8-4-9-24-12-13-5-3-10-25-13)11-20-17(22)14-6-1-2-7-15(14)18(20)23/h3,5,10,14-15H,1-2,4,6-9,11-12H2,(H,19,21)/t14-,15-/m1/s1. The van der Waals surface area contributed by atoms with Crippen molar-refractivity contribution in [2.45, 2.75) is 38.7 Å². The molecule has 2 atom stereocenters. The van der Waals surface area contributed by atoms with Crippen molar-refractivity contribution in [3.8, 4) is 0 Å². The maximum Gasteiger partial charge on any atom is 0.240 e. The molecule has 7 nitrogen and oxygen atoms in total. The highest BCUT2D eigenvalue weighted by molar-refractivity contribution is 6.07. The van der Waals surface area contributed by atoms with E-state index in [0.29, 0.717) is 26.2 Å². The molecule has 0 spiro atoms. The van der Waals surface area contributed by atoms with Gasteiger partial charge < -0.3 is 14.5 Å². The summed E-state index contributed by atoms with van der Waals surface area (Å²) in [6, 6.07) is 3.64. The first-order valence-electron chi connectivity index (χ1n) is 8.89. The summed E-state index contributed by atoms with van der Waals surface area (Å²) >= 11 is 0. The van der Waals surface area contributed by atoms with Crippen LogP contribution in [0.1, 0.15) is 37.9 Å². The SMILES string of the molecule is O=C(CN1C(=O)[C@@H]2CCCC[C@H]2C1=O)NCCCOCc1ccco1. The fourth-order valence-electron chi connectivity index (χ4n) is 3.56. The van der Waals surface area contributed by atoms with Crippen LogP contribution < -0.4 is 5.32 Å². The number of carbonyl (C=O) groups excluding carboxylic acids is 3. The molecule has 0 radical (unpaired) electrons. The molecule has 1 aliphatic carbocycles. The Balaban J connectivity index is 1.33. The number of fused-ring (bicyclic) bond motifs is 1. The molecule has 1 aromatic heterocycles. The predicted octanol–water partition coefficient (Wildman–Crippen LogP) is 1.48. The van der Waals surface area contributed by atoms with Crippen molar-refractivity contribution >= 4 is 17.7 Å². The zero-order valence-corrected chi connectivity index (χ0v) is 14.2. The number of hydrogen-bond donors (Lipinski definition) is 1. The first kappa shape index (κ1) is 17.7. The lowest BCUT2D eigenvalue weighted by Crippen LogP contribution is -2.41. The first-order valence-corrected chi connectivity index (χ1v) is 8.89. The van der Waals surface area contributed by atoms with Crippen molar-refractivity contribution in [2.75, 3.05) is 19.7 Å². The van der Waals surface area contributed by atoms with Crippen molar-refractivity contribution in [3.63, 3.8) is 0 Å². The second kappa shape index (κ2) is 8.29. The van der Waals surface area contributed by atoms with Gasteiger partial charge in [0.15, 0.2) is 0 Å². The van der Waals surface area contributed by atoms with Crippen molar-refractivity contribution in [2.24, 2.45) is 11.8 Å². The fraction of sp³-hybridized carbons (Fsp3) is 0.611. The molecule has 3 amide bonds. The predicted molar refractivity (Wildman–Crippen MR) is 88.2 cm³/mol. The molecule has 2 aliphatic rings. The molecule has 0 aromatic carbocycles. The second-order valence-corrected chi connectivity index (χ2v) is 6.60. The Morgan fingerprint density at radius 2 is 1.96 bits per heavy atom. The van der Waals surface area contributed by atoms with E-state index in [1.807, 2.05) is 6.07 Å². The number of carbonyl (C=O) groups is 3. The average Bonchev–Trinajstić information content (AvgIpc) is 3.22. The average molecular weight is 348 g/mol. The van der Waals surface area contributed by atoms with Crippen LogP contribution in [0.25, 0.3) is 0 Å². The second-order valence-electron chi connectivity index (χ2n) is 6.60. The van der Waals surface area contributed by atoms with Gasteiger partial charge in [0.1, 0.15) is 18.9 Å². The quantitative estimate of drug-likeness (QED) is 0.568. The number of hydrogen-bond acceptors (Lipinski definition) is 5. The third-order valence-corrected chi connectivity index (χ3v) is 4.85. The summed E-state index contributed by atoms with van der Waals surface area (Å²) in [6.07, 6.45) is 5.74. The van der Waals surface area contributed by atoms with Crippen molar-refractivity contribution in [1.29, 1.82) is 0 Å². The van der Waals surface area contributed by atoms with Crippen LogP contribution in [0.4, 0.5) is 0 Å². The van der Waals surface area contributed by atoms with E-state index in [0.717, 1.165) is 36.3 Å². The molecule has 0 unspecified atom stereocenters. The Morgan fingerprint density at radius 3 is 2.60 bits per heavy atom. The van der Waals surface area contributed by atoms with Crippen LogP contribution in [-0.4, -0.2) is 42.3 Å². The first-order chi connectivity index (χ1) is 12.2. The van der Waals surface area contributed by atoms with E-state index in [1.54, 1.807) is 12.3 Å². The van der Waals surface area contributed by atoms with Crippen LogP contribution in [0.3, 0.4) is 0 Å². The van der Waals surface area contributed by atoms with E-state index < -0.39 is 0 Å². The minimum Gasteiger partial charge on any atom is -0.467 e. The van der Waals surface area contributed by atoms with Crippen LogP contribution in [0.2, 0.25) is 0 Å². The van der Waals surface area contributed by atoms with Crippen LogP contribution in [0.15, 0.2) is 22.8 Å². The molecule has 1 N–H and O–H groups in total. The molecule has 136 valence electrons. The summed E-state index contributed by atoms with van der Waals surface area (Å²) in [7, 11) is 0. The van der Waals surface area contributed by atoms with Crippen LogP contribution in [0, 0.1) is 11.8 Å². The van der Waals surface area contributed by atoms with Gasteiger partial charge in [-0.25, -0.2) is 0 Å². The Labute approximate surface area is 146 Å². The number of furan rings is 1. The Bertz CT molecular complexity index is 589. The van der Waals surface area contributed by atoms with Gasteiger partial charge in [-0.3, -0.25) is 19.3 Å². The molecular weight excluding hydrogens is 324 g/mol. The van der Waals surface area contributed by atoms with E-state index in [4.69, 9.17) is 9.15 Å². The number of likely N-dealkylation sites (tertiary alicyclic amines) is 1. The lowest BCUT2D eigenvalue weighted by Gasteiger charge is -2.19. The third kappa shape index (κ3) is 4.28. The van der Waals surface area contributed by atoms with Crippen LogP contribution >= 0.6 is 0 Å². The Morgan fingerprint density at radius 1 is 1.24 bits per heavy atom. The van der Waals surface area contributed by atoms with Gasteiger partial charge in [0.25, 0.3) is 0 Å². The van der Waals surface area contributed by atoms with Crippen molar-refractivity contribution < 1.29 is 23.5 Å². The summed E-state index contributed by atoms with van der Waals surface area (Å²) in [5.74, 6) is -0.297. The fourth-order valence-corrected chi connectivity index (χ4v) is 3.56. The summed E-state index contributed by atoms with van der Waals surface area (Å²) in [4.78, 5) is 37.8. The van der Waals surface area contributed by atoms with E-state index in [1.165, 1.54) is 0 Å². The summed E-state index contributed by atoms with van der Waals surface area (Å²) in [5.41, 5.74) is 0. The zero-order valence-electron chi connectivity index (χ0n) is 14.2. The molecule has 1 aromatic rings. The topological polar surface area (TPSA) is 88.9 Å². The maximum absolute atomic E-state index is 12.3. The largest absolute Gasteiger partial charge is 0.467 e. The highest BCUT2D eigenvalue weighted by Crippen LogP contribution is 2.37. The van der Waals surface area contributed by atoms with Crippen molar-refractivity contribution in [1.82, 2.24) is 10.2 Å². The molecule has 0 bridgehead atoms. The number of amides is 3. The van der Waals surface area contributed by atoms with Gasteiger partial charge in [0.2, 0.25) is 17.7 Å². The van der Waals surface area contributed by atoms with Crippen LogP contribution in [-0.2, 0) is 25.7 Å². The number of imide groups is 1. The molecule has 1 saturated heterocycles. The third-order valence-electron chi connectivity index (χ3n) is 4.85. The number of ether oxygens (including phenoxy) is 1. The summed E-state index contributed by atoms with van der Waals surface area (Å²) in [5, 5.41) is 2.74. The molecule has 7 heteroatoms. The maximum atomic E-state index is 12.3. The molecule has 1 saturated carbocycles. The highest BCUT2D eigenvalue weighted by atomic mass is 16.5. The smallest absolute Gasteiger partial charge is 0.240 e. The highest BCUT2D eigenvalue weighted by Gasteiger charge is 2.48. The van der Waals surface area contributed by atoms with E-state index in [9.17, 15) is 14.4 Å². The minimum absolute atomic E-state index is 0.169. The van der Waals surface area contributed by atoms with Gasteiger partial charge >= 0.3 is 0 Å². The number of rotatable bonds is 8. The normalized spacial score (nSPS) is 23.0. The molecule has 2 heterocycles. The molecule has 3 rings (SSSR count). The monoisotopic (exact) mass is 348 g/mol. The van der Waals surface area contributed by atoms with Gasteiger partial charge in [-0.2, -0.15) is 0 Å². The van der Waals surface area contributed by atoms with E-state index in [2.05, 4.69) is 5.32 Å². The van der Waals surface area contributed by atoms with Crippen LogP contribution in [0.5, 0.6) is 0 Å². The Hall–Kier alpha value is -2.15. The van der Waals surface area contributed by atoms with Gasteiger partial charge in [-0.15, -0.1) is 0 Å². The molecular formula is C18H24N2O5. The number of nitrogens with zero attached hydrogens (tertiary/aromatic N) is 1. The molecule has 25 heavy (non-hydrogen) atoms. The van der Waals surface area contributed by atoms with Gasteiger partial charge in [-0.05, 0) is 31.4 Å². The molecule has 1 aliphatic heterocycles. The van der Waals surface area contributed by atoms with E-state index in [-0.39, 0.29) is 36.1 Å². The minimum atomic E-state index is -0.300. The number of nitrogens with one attached hydrogen (secondary N) is 1. The lowest BCUT2D eigenvalue weighted by atomic mass is 9.81. The van der Waals surface area contributed by atoms with E-state index >= 15 is 0 Å². The van der Waals surface area contributed by atoms with Crippen molar-refractivity contribution in [3.05, 3.63) is 24.2 Å². The Kier molecular flexibility index (Phi) is 5.86. The lowest BCUT2D eigenvalue weighted by molar-refractivity contribution is -0.143. The van der Waals surface area contributed by atoms with Gasteiger partial charge in [-0.1, -0.05) is 12.8 Å². The summed E-state index contributed by atoms with van der Waals surface area (Å²) < 4.78 is 10.6. The summed E-state index contributed by atoms with van der Waals surface area (Å²) in [6.45, 7) is 1.17. The van der Waals surface area contributed by atoms with Gasteiger partial charge in [0, 0.05) is 13.2 Å².